The fourth-order valence-electron chi connectivity index (χ4n) is 2.95. The lowest BCUT2D eigenvalue weighted by molar-refractivity contribution is 0.249. The summed E-state index contributed by atoms with van der Waals surface area (Å²) in [7, 11) is -3.62. The topological polar surface area (TPSA) is 43.4 Å². The fraction of sp³-hybridized carbons (Fsp3) is 0.714. The first-order valence-corrected chi connectivity index (χ1v) is 11.4. The number of hydrogen-bond donors (Lipinski definition) is 0. The summed E-state index contributed by atoms with van der Waals surface area (Å²) in [5, 5.41) is 0. The summed E-state index contributed by atoms with van der Waals surface area (Å²) in [5.41, 5.74) is 1.20. The highest BCUT2D eigenvalue weighted by Crippen LogP contribution is 2.17. The molecule has 0 unspecified atom stereocenters. The monoisotopic (exact) mass is 368 g/mol. The number of rotatable bonds is 14. The molecule has 0 spiro atoms. The van der Waals surface area contributed by atoms with Crippen molar-refractivity contribution in [3.8, 4) is 0 Å². The Hall–Kier alpha value is -0.870. The highest BCUT2D eigenvalue weighted by molar-refractivity contribution is 7.86. The SMILES string of the molecule is CCCCCCCCCCCCc1ccc(S(=O)(=O)OC(C)C)cc1. The van der Waals surface area contributed by atoms with Crippen LogP contribution in [-0.4, -0.2) is 14.5 Å². The fourth-order valence-corrected chi connectivity index (χ4v) is 4.04. The molecule has 0 saturated carbocycles. The average molecular weight is 369 g/mol. The van der Waals surface area contributed by atoms with Crippen LogP contribution >= 0.6 is 0 Å². The Morgan fingerprint density at radius 3 is 1.76 bits per heavy atom. The first-order chi connectivity index (χ1) is 12.0. The second-order valence-electron chi connectivity index (χ2n) is 7.18. The number of aryl methyl sites for hydroxylation is 1. The molecule has 3 nitrogen and oxygen atoms in total. The normalized spacial score (nSPS) is 12.0. The van der Waals surface area contributed by atoms with Gasteiger partial charge in [-0.05, 0) is 44.4 Å². The van der Waals surface area contributed by atoms with E-state index in [9.17, 15) is 8.42 Å². The van der Waals surface area contributed by atoms with E-state index in [1.54, 1.807) is 26.0 Å². The Bertz CT molecular complexity index is 547. The Balaban J connectivity index is 2.18. The molecule has 0 aliphatic heterocycles. The van der Waals surface area contributed by atoms with Crippen LogP contribution in [0.4, 0.5) is 0 Å². The summed E-state index contributed by atoms with van der Waals surface area (Å²) in [5.74, 6) is 0. The molecule has 4 heteroatoms. The van der Waals surface area contributed by atoms with Gasteiger partial charge in [-0.2, -0.15) is 8.42 Å². The van der Waals surface area contributed by atoms with Gasteiger partial charge < -0.3 is 0 Å². The molecule has 0 aliphatic carbocycles. The maximum Gasteiger partial charge on any atom is 0.297 e. The van der Waals surface area contributed by atoms with E-state index in [4.69, 9.17) is 4.18 Å². The van der Waals surface area contributed by atoms with Crippen molar-refractivity contribution in [2.45, 2.75) is 102 Å². The molecule has 0 saturated heterocycles. The van der Waals surface area contributed by atoms with Gasteiger partial charge in [-0.15, -0.1) is 0 Å². The summed E-state index contributed by atoms with van der Waals surface area (Å²) in [6, 6.07) is 7.13. The Morgan fingerprint density at radius 1 is 0.800 bits per heavy atom. The van der Waals surface area contributed by atoms with Gasteiger partial charge in [0.25, 0.3) is 10.1 Å². The maximum atomic E-state index is 12.0. The molecule has 0 amide bonds. The molecule has 0 heterocycles. The van der Waals surface area contributed by atoms with E-state index in [2.05, 4.69) is 6.92 Å². The highest BCUT2D eigenvalue weighted by atomic mass is 32.2. The van der Waals surface area contributed by atoms with Gasteiger partial charge in [0, 0.05) is 0 Å². The maximum absolute atomic E-state index is 12.0. The third-order valence-electron chi connectivity index (χ3n) is 4.35. The minimum absolute atomic E-state index is 0.244. The van der Waals surface area contributed by atoms with Gasteiger partial charge in [-0.3, -0.25) is 4.18 Å². The highest BCUT2D eigenvalue weighted by Gasteiger charge is 2.16. The first-order valence-electron chi connectivity index (χ1n) is 9.98. The predicted molar refractivity (Wildman–Crippen MR) is 105 cm³/mol. The van der Waals surface area contributed by atoms with E-state index in [0.29, 0.717) is 0 Å². The van der Waals surface area contributed by atoms with Crippen LogP contribution in [0.5, 0.6) is 0 Å². The van der Waals surface area contributed by atoms with Crippen LogP contribution in [0.2, 0.25) is 0 Å². The van der Waals surface area contributed by atoms with Crippen molar-refractivity contribution < 1.29 is 12.6 Å². The van der Waals surface area contributed by atoms with E-state index in [1.807, 2.05) is 12.1 Å². The van der Waals surface area contributed by atoms with Crippen molar-refractivity contribution in [2.24, 2.45) is 0 Å². The van der Waals surface area contributed by atoms with Crippen molar-refractivity contribution in [1.29, 1.82) is 0 Å². The van der Waals surface area contributed by atoms with Gasteiger partial charge in [0.1, 0.15) is 0 Å². The lowest BCUT2D eigenvalue weighted by Gasteiger charge is -2.09. The molecule has 0 bridgehead atoms. The summed E-state index contributed by atoms with van der Waals surface area (Å²) in [6.45, 7) is 5.69. The quantitative estimate of drug-likeness (QED) is 0.287. The molecule has 1 rings (SSSR count). The van der Waals surface area contributed by atoms with E-state index < -0.39 is 10.1 Å². The van der Waals surface area contributed by atoms with Crippen LogP contribution in [-0.2, 0) is 20.7 Å². The zero-order chi connectivity index (χ0) is 18.5. The molecule has 1 aromatic rings. The molecule has 1 aromatic carbocycles. The van der Waals surface area contributed by atoms with E-state index >= 15 is 0 Å². The summed E-state index contributed by atoms with van der Waals surface area (Å²) >= 11 is 0. The van der Waals surface area contributed by atoms with Gasteiger partial charge >= 0.3 is 0 Å². The van der Waals surface area contributed by atoms with Crippen molar-refractivity contribution >= 4 is 10.1 Å². The van der Waals surface area contributed by atoms with E-state index in [0.717, 1.165) is 6.42 Å². The third kappa shape index (κ3) is 10.0. The van der Waals surface area contributed by atoms with Crippen molar-refractivity contribution in [3.63, 3.8) is 0 Å². The molecule has 0 radical (unpaired) electrons. The van der Waals surface area contributed by atoms with Gasteiger partial charge in [0.15, 0.2) is 0 Å². The third-order valence-corrected chi connectivity index (χ3v) is 5.84. The van der Waals surface area contributed by atoms with Crippen LogP contribution in [0.3, 0.4) is 0 Å². The number of hydrogen-bond acceptors (Lipinski definition) is 3. The van der Waals surface area contributed by atoms with Gasteiger partial charge in [-0.1, -0.05) is 76.8 Å². The molecule has 0 aliphatic rings. The van der Waals surface area contributed by atoms with Crippen molar-refractivity contribution in [2.75, 3.05) is 0 Å². The standard InChI is InChI=1S/C21H36O3S/c1-4-5-6-7-8-9-10-11-12-13-14-20-15-17-21(18-16-20)25(22,23)24-19(2)3/h15-19H,4-14H2,1-3H3. The molecule has 25 heavy (non-hydrogen) atoms. The van der Waals surface area contributed by atoms with Gasteiger partial charge in [0.2, 0.25) is 0 Å². The molecular weight excluding hydrogens is 332 g/mol. The molecule has 0 fully saturated rings. The Kier molecular flexibility index (Phi) is 11.1. The Labute approximate surface area is 155 Å². The Morgan fingerprint density at radius 2 is 1.28 bits per heavy atom. The van der Waals surface area contributed by atoms with Gasteiger partial charge in [0.05, 0.1) is 11.0 Å². The van der Waals surface area contributed by atoms with Crippen LogP contribution in [0.25, 0.3) is 0 Å². The zero-order valence-electron chi connectivity index (χ0n) is 16.3. The first kappa shape index (κ1) is 22.2. The second kappa shape index (κ2) is 12.5. The second-order valence-corrected chi connectivity index (χ2v) is 8.75. The average Bonchev–Trinajstić information content (AvgIpc) is 2.56. The molecule has 0 aromatic heterocycles. The molecular formula is C21H36O3S. The summed E-state index contributed by atoms with van der Waals surface area (Å²) in [4.78, 5) is 0.244. The molecule has 144 valence electrons. The van der Waals surface area contributed by atoms with Crippen molar-refractivity contribution in [3.05, 3.63) is 29.8 Å². The van der Waals surface area contributed by atoms with Crippen LogP contribution in [0.1, 0.15) is 90.5 Å². The number of unbranched alkanes of at least 4 members (excludes halogenated alkanes) is 9. The minimum Gasteiger partial charge on any atom is -0.264 e. The molecule has 0 atom stereocenters. The summed E-state index contributed by atoms with van der Waals surface area (Å²) < 4.78 is 29.0. The number of benzene rings is 1. The van der Waals surface area contributed by atoms with E-state index in [1.165, 1.54) is 69.8 Å². The smallest absolute Gasteiger partial charge is 0.264 e. The van der Waals surface area contributed by atoms with E-state index in [-0.39, 0.29) is 11.0 Å². The zero-order valence-corrected chi connectivity index (χ0v) is 17.1. The van der Waals surface area contributed by atoms with Crippen LogP contribution < -0.4 is 0 Å². The lowest BCUT2D eigenvalue weighted by Crippen LogP contribution is -2.12. The minimum atomic E-state index is -3.62. The van der Waals surface area contributed by atoms with Crippen molar-refractivity contribution in [1.82, 2.24) is 0 Å². The van der Waals surface area contributed by atoms with Crippen LogP contribution in [0.15, 0.2) is 29.2 Å². The largest absolute Gasteiger partial charge is 0.297 e. The summed E-state index contributed by atoms with van der Waals surface area (Å²) in [6.07, 6.45) is 14.0. The molecule has 0 N–H and O–H groups in total. The van der Waals surface area contributed by atoms with Gasteiger partial charge in [-0.25, -0.2) is 0 Å². The predicted octanol–water partition coefficient (Wildman–Crippen LogP) is 6.26. The van der Waals surface area contributed by atoms with Crippen LogP contribution in [0, 0.1) is 0 Å². The lowest BCUT2D eigenvalue weighted by atomic mass is 10.0.